The van der Waals surface area contributed by atoms with Crippen LogP contribution in [0.3, 0.4) is 0 Å². The molecule has 5 aliphatic rings. The Morgan fingerprint density at radius 3 is 2.57 bits per heavy atom. The maximum atomic E-state index is 12.6. The van der Waals surface area contributed by atoms with Crippen LogP contribution in [0.5, 0.6) is 0 Å². The molecule has 1 heterocycles. The number of fused-ring (bicyclic) bond motifs is 5. The Bertz CT molecular complexity index is 975. The van der Waals surface area contributed by atoms with E-state index in [2.05, 4.69) is 13.8 Å². The summed E-state index contributed by atoms with van der Waals surface area (Å²) in [6, 6.07) is 0. The Morgan fingerprint density at radius 1 is 1.11 bits per heavy atom. The fourth-order valence-electron chi connectivity index (χ4n) is 9.23. The van der Waals surface area contributed by atoms with Gasteiger partial charge >= 0.3 is 17.9 Å². The van der Waals surface area contributed by atoms with Crippen molar-refractivity contribution in [3.63, 3.8) is 0 Å². The largest absolute Gasteiger partial charge is 0.464 e. The SMILES string of the molecule is CCOC(=O)CO[C@H]1CC[C@@]2(C)[C@H](CC[C@@H]3[C@@H]2C[C@@H](OC(C)=O)[C@]2(C)[C@@H](C4=CC(=O)OC4)CC[C@]32O)C1. The normalized spacial score (nSPS) is 44.7. The van der Waals surface area contributed by atoms with Gasteiger partial charge in [0.25, 0.3) is 0 Å². The summed E-state index contributed by atoms with van der Waals surface area (Å²) in [6.07, 6.45) is 7.88. The number of cyclic esters (lactones) is 1. The number of hydrogen-bond acceptors (Lipinski definition) is 8. The number of ether oxygens (including phenoxy) is 4. The Balaban J connectivity index is 1.40. The summed E-state index contributed by atoms with van der Waals surface area (Å²) in [5.74, 6) is -0.313. The monoisotopic (exact) mass is 518 g/mol. The van der Waals surface area contributed by atoms with Gasteiger partial charge in [-0.3, -0.25) is 4.79 Å². The van der Waals surface area contributed by atoms with Crippen LogP contribution in [0.4, 0.5) is 0 Å². The summed E-state index contributed by atoms with van der Waals surface area (Å²) in [6.45, 7) is 8.26. The second-order valence-electron chi connectivity index (χ2n) is 12.5. The van der Waals surface area contributed by atoms with Crippen LogP contribution in [-0.2, 0) is 33.3 Å². The predicted octanol–water partition coefficient (Wildman–Crippen LogP) is 3.73. The van der Waals surface area contributed by atoms with Crippen LogP contribution in [0.1, 0.15) is 79.1 Å². The Labute approximate surface area is 219 Å². The second kappa shape index (κ2) is 9.67. The van der Waals surface area contributed by atoms with Crippen LogP contribution in [0.15, 0.2) is 11.6 Å². The van der Waals surface area contributed by atoms with E-state index in [0.29, 0.717) is 25.4 Å². The van der Waals surface area contributed by atoms with Crippen LogP contribution in [0.25, 0.3) is 0 Å². The van der Waals surface area contributed by atoms with Gasteiger partial charge in [-0.1, -0.05) is 13.8 Å². The van der Waals surface area contributed by atoms with Crippen molar-refractivity contribution in [2.24, 2.45) is 34.5 Å². The minimum absolute atomic E-state index is 0.00798. The molecule has 0 aromatic heterocycles. The van der Waals surface area contributed by atoms with Gasteiger partial charge in [0, 0.05) is 18.4 Å². The third kappa shape index (κ3) is 4.22. The van der Waals surface area contributed by atoms with E-state index in [0.717, 1.165) is 44.1 Å². The number of aliphatic hydroxyl groups is 1. The average Bonchev–Trinajstić information content (AvgIpc) is 3.39. The quantitative estimate of drug-likeness (QED) is 0.419. The molecule has 8 nitrogen and oxygen atoms in total. The van der Waals surface area contributed by atoms with E-state index in [-0.39, 0.29) is 60.4 Å². The fourth-order valence-corrected chi connectivity index (χ4v) is 9.23. The standard InChI is InChI=1S/C29H42O8/c1-5-34-26(32)16-35-20-8-10-27(3)19(13-20)6-7-22-23(27)14-24(37-17(2)30)28(4)21(9-11-29(22,28)33)18-12-25(31)36-15-18/h12,19-24,33H,5-11,13-16H2,1-4H3/t19-,20+,21-,22-,23+,24-,27+,28+,29+/m1/s1. The highest BCUT2D eigenvalue weighted by Crippen LogP contribution is 2.70. The molecule has 0 spiro atoms. The van der Waals surface area contributed by atoms with Crippen molar-refractivity contribution in [1.29, 1.82) is 0 Å². The van der Waals surface area contributed by atoms with Gasteiger partial charge in [-0.2, -0.15) is 0 Å². The van der Waals surface area contributed by atoms with Crippen LogP contribution in [-0.4, -0.2) is 60.6 Å². The lowest BCUT2D eigenvalue weighted by molar-refractivity contribution is -0.251. The minimum Gasteiger partial charge on any atom is -0.464 e. The number of carbonyl (C=O) groups is 3. The van der Waals surface area contributed by atoms with Crippen molar-refractivity contribution in [3.8, 4) is 0 Å². The number of rotatable bonds is 6. The Hall–Kier alpha value is -1.93. The molecule has 0 aromatic rings. The molecule has 8 heteroatoms. The van der Waals surface area contributed by atoms with Crippen molar-refractivity contribution in [2.45, 2.75) is 96.9 Å². The maximum absolute atomic E-state index is 12.6. The highest BCUT2D eigenvalue weighted by Gasteiger charge is 2.71. The zero-order chi connectivity index (χ0) is 26.6. The third-order valence-corrected chi connectivity index (χ3v) is 11.0. The van der Waals surface area contributed by atoms with Crippen molar-refractivity contribution in [3.05, 3.63) is 11.6 Å². The average molecular weight is 519 g/mol. The van der Waals surface area contributed by atoms with E-state index in [4.69, 9.17) is 18.9 Å². The van der Waals surface area contributed by atoms with E-state index in [9.17, 15) is 19.5 Å². The van der Waals surface area contributed by atoms with Crippen LogP contribution < -0.4 is 0 Å². The Morgan fingerprint density at radius 2 is 1.89 bits per heavy atom. The van der Waals surface area contributed by atoms with E-state index in [1.807, 2.05) is 0 Å². The summed E-state index contributed by atoms with van der Waals surface area (Å²) < 4.78 is 22.3. The van der Waals surface area contributed by atoms with Gasteiger partial charge in [0.15, 0.2) is 0 Å². The molecule has 206 valence electrons. The fraction of sp³-hybridized carbons (Fsp3) is 0.828. The first-order valence-corrected chi connectivity index (χ1v) is 14.1. The summed E-state index contributed by atoms with van der Waals surface area (Å²) in [5.41, 5.74) is -0.758. The molecule has 0 unspecified atom stereocenters. The van der Waals surface area contributed by atoms with Crippen molar-refractivity contribution < 1.29 is 38.4 Å². The molecule has 5 rings (SSSR count). The lowest BCUT2D eigenvalue weighted by atomic mass is 9.42. The molecule has 37 heavy (non-hydrogen) atoms. The molecular formula is C29H42O8. The third-order valence-electron chi connectivity index (χ3n) is 11.0. The lowest BCUT2D eigenvalue weighted by Gasteiger charge is -2.65. The van der Waals surface area contributed by atoms with Crippen LogP contribution >= 0.6 is 0 Å². The highest BCUT2D eigenvalue weighted by atomic mass is 16.6. The van der Waals surface area contributed by atoms with Gasteiger partial charge in [-0.25, -0.2) is 9.59 Å². The van der Waals surface area contributed by atoms with Crippen LogP contribution in [0.2, 0.25) is 0 Å². The van der Waals surface area contributed by atoms with Gasteiger partial charge in [0.05, 0.1) is 18.3 Å². The number of hydrogen-bond donors (Lipinski definition) is 1. The zero-order valence-corrected chi connectivity index (χ0v) is 22.6. The van der Waals surface area contributed by atoms with Gasteiger partial charge < -0.3 is 24.1 Å². The van der Waals surface area contributed by atoms with Gasteiger partial charge in [-0.05, 0) is 93.0 Å². The number of carbonyl (C=O) groups excluding carboxylic acids is 3. The molecule has 1 N–H and O–H groups in total. The van der Waals surface area contributed by atoms with Crippen LogP contribution in [0, 0.1) is 34.5 Å². The first-order chi connectivity index (χ1) is 17.5. The summed E-state index contributed by atoms with van der Waals surface area (Å²) >= 11 is 0. The minimum atomic E-state index is -0.988. The predicted molar refractivity (Wildman–Crippen MR) is 133 cm³/mol. The van der Waals surface area contributed by atoms with Crippen molar-refractivity contribution >= 4 is 17.9 Å². The molecular weight excluding hydrogens is 476 g/mol. The molecule has 0 amide bonds. The molecule has 0 saturated heterocycles. The summed E-state index contributed by atoms with van der Waals surface area (Å²) in [4.78, 5) is 36.0. The van der Waals surface area contributed by atoms with Crippen molar-refractivity contribution in [2.75, 3.05) is 19.8 Å². The number of esters is 3. The highest BCUT2D eigenvalue weighted by molar-refractivity contribution is 5.85. The van der Waals surface area contributed by atoms with Gasteiger partial charge in [0.2, 0.25) is 0 Å². The molecule has 4 fully saturated rings. The van der Waals surface area contributed by atoms with Gasteiger partial charge in [0.1, 0.15) is 19.3 Å². The van der Waals surface area contributed by atoms with E-state index < -0.39 is 17.1 Å². The first kappa shape index (κ1) is 26.7. The molecule has 0 radical (unpaired) electrons. The molecule has 0 bridgehead atoms. The summed E-state index contributed by atoms with van der Waals surface area (Å²) in [7, 11) is 0. The first-order valence-electron chi connectivity index (χ1n) is 14.1. The Kier molecular flexibility index (Phi) is 6.97. The molecule has 9 atom stereocenters. The zero-order valence-electron chi connectivity index (χ0n) is 22.6. The van der Waals surface area contributed by atoms with E-state index in [1.165, 1.54) is 6.92 Å². The second-order valence-corrected chi connectivity index (χ2v) is 12.5. The van der Waals surface area contributed by atoms with Crippen molar-refractivity contribution in [1.82, 2.24) is 0 Å². The van der Waals surface area contributed by atoms with E-state index >= 15 is 0 Å². The topological polar surface area (TPSA) is 108 Å². The molecule has 1 aliphatic heterocycles. The molecule has 4 aliphatic carbocycles. The molecule has 4 saturated carbocycles. The maximum Gasteiger partial charge on any atom is 0.332 e. The van der Waals surface area contributed by atoms with Gasteiger partial charge in [-0.15, -0.1) is 0 Å². The van der Waals surface area contributed by atoms with E-state index in [1.54, 1.807) is 13.0 Å². The summed E-state index contributed by atoms with van der Waals surface area (Å²) in [5, 5.41) is 12.6. The lowest BCUT2D eigenvalue weighted by Crippen LogP contribution is -2.67. The molecule has 0 aromatic carbocycles. The smallest absolute Gasteiger partial charge is 0.332 e.